The summed E-state index contributed by atoms with van der Waals surface area (Å²) < 4.78 is 6.65. The van der Waals surface area contributed by atoms with Crippen LogP contribution < -0.4 is 0 Å². The van der Waals surface area contributed by atoms with E-state index < -0.39 is 0 Å². The summed E-state index contributed by atoms with van der Waals surface area (Å²) in [6.07, 6.45) is 10.7. The minimum Gasteiger partial charge on any atom is -0.753 e. The monoisotopic (exact) mass is 576 g/mol. The fourth-order valence-corrected chi connectivity index (χ4v) is 2.96. The van der Waals surface area contributed by atoms with Crippen LogP contribution in [0, 0.1) is 0 Å². The van der Waals surface area contributed by atoms with Crippen LogP contribution in [0.2, 0.25) is 0 Å². The molecule has 0 bridgehead atoms. The van der Waals surface area contributed by atoms with E-state index in [1.54, 1.807) is 32.6 Å². The normalized spacial score (nSPS) is 8.83. The molecule has 0 atom stereocenters. The fourth-order valence-electron chi connectivity index (χ4n) is 2.96. The van der Waals surface area contributed by atoms with Crippen molar-refractivity contribution in [3.05, 3.63) is 71.6 Å². The third-order valence-corrected chi connectivity index (χ3v) is 4.97. The Morgan fingerprint density at radius 1 is 0.657 bits per heavy atom. The SMILES string of the molecule is CC[N+](CC)(CC)CC.[N-]=C=S.[N-]=C=S.[N-]=C=S.[Ni+2].c1cnn(C(n2cccn2)n2cccn2)c1. The van der Waals surface area contributed by atoms with Crippen LogP contribution in [0.4, 0.5) is 0 Å². The molecule has 0 saturated heterocycles. The second kappa shape index (κ2) is 24.6. The first-order valence-corrected chi connectivity index (χ1v) is 11.5. The molecule has 0 N–H and O–H groups in total. The van der Waals surface area contributed by atoms with Crippen LogP contribution in [-0.4, -0.2) is 75.5 Å². The summed E-state index contributed by atoms with van der Waals surface area (Å²) in [5.74, 6) is 0. The molecule has 0 aliphatic rings. The number of aromatic nitrogens is 6. The van der Waals surface area contributed by atoms with Gasteiger partial charge in [-0.3, -0.25) is 0 Å². The number of thiocarbonyl (C=S) groups is 3. The van der Waals surface area contributed by atoms with Crippen LogP contribution in [-0.2, 0) is 16.5 Å². The Bertz CT molecular complexity index is 810. The molecular formula is C21H30N10NiS3. The zero-order valence-corrected chi connectivity index (χ0v) is 23.6. The van der Waals surface area contributed by atoms with E-state index in [1.165, 1.54) is 46.1 Å². The molecule has 10 nitrogen and oxygen atoms in total. The molecule has 3 rings (SSSR count). The summed E-state index contributed by atoms with van der Waals surface area (Å²) in [6.45, 7) is 14.2. The number of rotatable bonds is 7. The van der Waals surface area contributed by atoms with Crippen LogP contribution in [0.3, 0.4) is 0 Å². The first-order valence-electron chi connectivity index (χ1n) is 10.3. The van der Waals surface area contributed by atoms with Gasteiger partial charge in [0.2, 0.25) is 6.29 Å². The molecule has 3 aromatic heterocycles. The quantitative estimate of drug-likeness (QED) is 0.174. The molecule has 35 heavy (non-hydrogen) atoms. The van der Waals surface area contributed by atoms with Crippen molar-refractivity contribution in [2.24, 2.45) is 0 Å². The Kier molecular flexibility index (Phi) is 26.0. The van der Waals surface area contributed by atoms with E-state index in [4.69, 9.17) is 16.2 Å². The zero-order chi connectivity index (χ0) is 26.2. The van der Waals surface area contributed by atoms with Crippen molar-refractivity contribution in [1.82, 2.24) is 29.3 Å². The second-order valence-corrected chi connectivity index (χ2v) is 6.73. The molecule has 0 spiro atoms. The van der Waals surface area contributed by atoms with Gasteiger partial charge in [0.25, 0.3) is 0 Å². The van der Waals surface area contributed by atoms with Crippen molar-refractivity contribution in [3.63, 3.8) is 0 Å². The van der Waals surface area contributed by atoms with Crippen LogP contribution >= 0.6 is 36.7 Å². The van der Waals surface area contributed by atoms with Crippen molar-refractivity contribution < 1.29 is 21.0 Å². The Labute approximate surface area is 233 Å². The molecule has 0 saturated carbocycles. The Hall–Kier alpha value is -2.52. The molecule has 0 aliphatic carbocycles. The van der Waals surface area contributed by atoms with Gasteiger partial charge in [-0.15, -0.1) is 0 Å². The summed E-state index contributed by atoms with van der Waals surface area (Å²) in [5, 5.41) is 38.1. The van der Waals surface area contributed by atoms with Gasteiger partial charge < -0.3 is 20.7 Å². The van der Waals surface area contributed by atoms with Gasteiger partial charge in [0.1, 0.15) is 0 Å². The first-order chi connectivity index (χ1) is 16.4. The van der Waals surface area contributed by atoms with E-state index >= 15 is 0 Å². The van der Waals surface area contributed by atoms with Gasteiger partial charge in [-0.25, -0.2) is 14.0 Å². The summed E-state index contributed by atoms with van der Waals surface area (Å²) in [6, 6.07) is 5.62. The third-order valence-electron chi connectivity index (χ3n) is 4.97. The molecule has 0 aromatic carbocycles. The summed E-state index contributed by atoms with van der Waals surface area (Å²) >= 11 is 11.1. The van der Waals surface area contributed by atoms with Gasteiger partial charge in [-0.1, -0.05) is 36.7 Å². The van der Waals surface area contributed by atoms with Gasteiger partial charge in [0.15, 0.2) is 0 Å². The number of quaternary nitrogens is 1. The van der Waals surface area contributed by atoms with E-state index in [0.717, 1.165) is 0 Å². The number of hydrogen-bond acceptors (Lipinski definition) is 6. The predicted octanol–water partition coefficient (Wildman–Crippen LogP) is 4.68. The predicted molar refractivity (Wildman–Crippen MR) is 147 cm³/mol. The molecule has 14 heteroatoms. The van der Waals surface area contributed by atoms with E-state index in [0.29, 0.717) is 0 Å². The van der Waals surface area contributed by atoms with Crippen LogP contribution in [0.5, 0.6) is 0 Å². The van der Waals surface area contributed by atoms with Gasteiger partial charge in [-0.05, 0) is 45.9 Å². The van der Waals surface area contributed by atoms with Gasteiger partial charge in [-0.2, -0.15) is 30.8 Å². The van der Waals surface area contributed by atoms with E-state index in [1.807, 2.05) is 36.8 Å². The molecule has 0 fully saturated rings. The number of nitrogens with zero attached hydrogens (tertiary/aromatic N) is 10. The third kappa shape index (κ3) is 15.2. The Morgan fingerprint density at radius 2 is 0.886 bits per heavy atom. The van der Waals surface area contributed by atoms with Crippen molar-refractivity contribution in [2.75, 3.05) is 26.2 Å². The smallest absolute Gasteiger partial charge is 0.753 e. The minimum atomic E-state index is -0.194. The maximum absolute atomic E-state index is 7.13. The van der Waals surface area contributed by atoms with Crippen molar-refractivity contribution in [3.8, 4) is 0 Å². The Morgan fingerprint density at radius 3 is 1.00 bits per heavy atom. The molecule has 0 unspecified atom stereocenters. The van der Waals surface area contributed by atoms with Crippen LogP contribution in [0.15, 0.2) is 55.4 Å². The largest absolute Gasteiger partial charge is 2.00 e. The second-order valence-electron chi connectivity index (χ2n) is 6.19. The molecule has 3 heterocycles. The molecule has 0 aliphatic heterocycles. The zero-order valence-electron chi connectivity index (χ0n) is 20.1. The fraction of sp³-hybridized carbons (Fsp3) is 0.429. The average Bonchev–Trinajstić information content (AvgIpc) is 3.64. The summed E-state index contributed by atoms with van der Waals surface area (Å²) in [4.78, 5) is 0. The van der Waals surface area contributed by atoms with Crippen molar-refractivity contribution >= 4 is 52.1 Å². The van der Waals surface area contributed by atoms with E-state index in [-0.39, 0.29) is 22.8 Å². The number of hydrogen-bond donors (Lipinski definition) is 0. The number of isothiocyanates is 3. The van der Waals surface area contributed by atoms with E-state index in [9.17, 15) is 0 Å². The average molecular weight is 577 g/mol. The standard InChI is InChI=1S/C10H10N6.C8H20N.3CNS.Ni/c1-4-11-14(7-1)10(15-8-2-5-12-15)16-9-3-6-13-16;1-5-9(6-2,7-3)8-4;3*2-1-3;/h1-10H;5-8H2,1-4H3;;;;/q;+1;3*-1;+2. The molecule has 192 valence electrons. The van der Waals surface area contributed by atoms with Gasteiger partial charge >= 0.3 is 16.5 Å². The topological polar surface area (TPSA) is 120 Å². The molecular weight excluding hydrogens is 547 g/mol. The van der Waals surface area contributed by atoms with Gasteiger partial charge in [0, 0.05) is 37.2 Å². The first kappa shape index (κ1) is 37.0. The van der Waals surface area contributed by atoms with Crippen LogP contribution in [0.1, 0.15) is 34.0 Å². The van der Waals surface area contributed by atoms with Crippen molar-refractivity contribution in [1.29, 1.82) is 0 Å². The van der Waals surface area contributed by atoms with Crippen molar-refractivity contribution in [2.45, 2.75) is 34.0 Å². The molecule has 3 aromatic rings. The Balaban J connectivity index is -0.000000462. The maximum atomic E-state index is 7.13. The van der Waals surface area contributed by atoms with Crippen LogP contribution in [0.25, 0.3) is 16.2 Å². The van der Waals surface area contributed by atoms with E-state index in [2.05, 4.69) is 79.6 Å². The van der Waals surface area contributed by atoms with Gasteiger partial charge in [0.05, 0.1) is 26.2 Å². The summed E-state index contributed by atoms with van der Waals surface area (Å²) in [5.41, 5.74) is 0. The summed E-state index contributed by atoms with van der Waals surface area (Å²) in [7, 11) is 0. The minimum absolute atomic E-state index is 0. The maximum Gasteiger partial charge on any atom is 2.00 e. The molecule has 0 amide bonds. The molecule has 0 radical (unpaired) electrons.